The van der Waals surface area contributed by atoms with E-state index in [9.17, 15) is 13.2 Å². The molecule has 2 N–H and O–H groups in total. The average Bonchev–Trinajstić information content (AvgIpc) is 2.36. The summed E-state index contributed by atoms with van der Waals surface area (Å²) in [6.45, 7) is 0.970. The van der Waals surface area contributed by atoms with Gasteiger partial charge < -0.3 is 10.5 Å². The van der Waals surface area contributed by atoms with Crippen molar-refractivity contribution in [1.82, 2.24) is 0 Å². The van der Waals surface area contributed by atoms with Crippen LogP contribution in [0.4, 0.5) is 13.2 Å². The molecule has 2 aromatic carbocycles. The third kappa shape index (κ3) is 2.38. The van der Waals surface area contributed by atoms with E-state index in [2.05, 4.69) is 0 Å². The fraction of sp³-hybridized carbons (Fsp3) is 0.286. The molecule has 0 amide bonds. The molecule has 0 spiro atoms. The Morgan fingerprint density at radius 3 is 2.16 bits per heavy atom. The van der Waals surface area contributed by atoms with Crippen LogP contribution in [0.1, 0.15) is 12.5 Å². The lowest BCUT2D eigenvalue weighted by Crippen LogP contribution is -2.47. The summed E-state index contributed by atoms with van der Waals surface area (Å²) in [7, 11) is 1.54. The summed E-state index contributed by atoms with van der Waals surface area (Å²) < 4.78 is 43.7. The van der Waals surface area contributed by atoms with Gasteiger partial charge in [-0.2, -0.15) is 13.2 Å². The van der Waals surface area contributed by atoms with Crippen molar-refractivity contribution in [1.29, 1.82) is 0 Å². The molecule has 0 aliphatic rings. The Labute approximate surface area is 109 Å². The fourth-order valence-corrected chi connectivity index (χ4v) is 1.84. The van der Waals surface area contributed by atoms with Gasteiger partial charge in [0.1, 0.15) is 11.3 Å². The number of benzene rings is 2. The van der Waals surface area contributed by atoms with Gasteiger partial charge in [-0.15, -0.1) is 0 Å². The number of hydrogen-bond donors (Lipinski definition) is 1. The summed E-state index contributed by atoms with van der Waals surface area (Å²) in [6.07, 6.45) is -4.49. The fourth-order valence-electron chi connectivity index (χ4n) is 1.84. The smallest absolute Gasteiger partial charge is 0.410 e. The Morgan fingerprint density at radius 1 is 1.00 bits per heavy atom. The van der Waals surface area contributed by atoms with Crippen LogP contribution in [0.2, 0.25) is 0 Å². The minimum atomic E-state index is -4.49. The number of alkyl halides is 3. The molecule has 0 fully saturated rings. The lowest BCUT2D eigenvalue weighted by atomic mass is 9.90. The summed E-state index contributed by atoms with van der Waals surface area (Å²) in [5, 5.41) is 1.50. The van der Waals surface area contributed by atoms with Crippen molar-refractivity contribution < 1.29 is 17.9 Å². The van der Waals surface area contributed by atoms with E-state index in [-0.39, 0.29) is 5.56 Å². The molecule has 2 aromatic rings. The van der Waals surface area contributed by atoms with Gasteiger partial charge in [0, 0.05) is 0 Å². The van der Waals surface area contributed by atoms with Crippen molar-refractivity contribution in [3.8, 4) is 5.75 Å². The first-order valence-electron chi connectivity index (χ1n) is 5.69. The van der Waals surface area contributed by atoms with Crippen molar-refractivity contribution in [2.24, 2.45) is 5.73 Å². The zero-order chi connectivity index (χ0) is 14.3. The number of ether oxygens (including phenoxy) is 1. The highest BCUT2D eigenvalue weighted by atomic mass is 19.4. The predicted octanol–water partition coefficient (Wildman–Crippen LogP) is 3.58. The van der Waals surface area contributed by atoms with E-state index in [1.165, 1.54) is 19.2 Å². The van der Waals surface area contributed by atoms with Crippen molar-refractivity contribution in [2.75, 3.05) is 7.11 Å². The maximum atomic E-state index is 12.9. The van der Waals surface area contributed by atoms with E-state index in [4.69, 9.17) is 10.5 Å². The molecular weight excluding hydrogens is 255 g/mol. The maximum absolute atomic E-state index is 12.9. The van der Waals surface area contributed by atoms with Gasteiger partial charge in [-0.05, 0) is 41.5 Å². The lowest BCUT2D eigenvalue weighted by molar-refractivity contribution is -0.184. The van der Waals surface area contributed by atoms with Crippen LogP contribution in [0, 0.1) is 0 Å². The SMILES string of the molecule is COc1ccc2cc(C(C)(N)C(F)(F)F)ccc2c1. The van der Waals surface area contributed by atoms with Crippen molar-refractivity contribution in [3.63, 3.8) is 0 Å². The van der Waals surface area contributed by atoms with Crippen LogP contribution in [0.15, 0.2) is 36.4 Å². The van der Waals surface area contributed by atoms with Gasteiger partial charge in [0.25, 0.3) is 0 Å². The summed E-state index contributed by atoms with van der Waals surface area (Å²) in [5.41, 5.74) is 3.09. The van der Waals surface area contributed by atoms with Crippen LogP contribution >= 0.6 is 0 Å². The van der Waals surface area contributed by atoms with E-state index in [1.807, 2.05) is 0 Å². The molecule has 2 rings (SSSR count). The van der Waals surface area contributed by atoms with Gasteiger partial charge in [0.2, 0.25) is 0 Å². The van der Waals surface area contributed by atoms with Gasteiger partial charge in [0.05, 0.1) is 7.11 Å². The molecule has 102 valence electrons. The minimum absolute atomic E-state index is 0.0395. The molecule has 0 heterocycles. The standard InChI is InChI=1S/C14H14F3NO/c1-13(18,14(15,16)17)11-5-3-10-8-12(19-2)6-4-9(10)7-11/h3-8H,18H2,1-2H3. The molecule has 0 saturated heterocycles. The molecule has 0 aliphatic heterocycles. The van der Waals surface area contributed by atoms with Crippen LogP contribution in [0.5, 0.6) is 5.75 Å². The Bertz CT molecular complexity index is 605. The lowest BCUT2D eigenvalue weighted by Gasteiger charge is -2.28. The highest BCUT2D eigenvalue weighted by Gasteiger charge is 2.49. The van der Waals surface area contributed by atoms with E-state index >= 15 is 0 Å². The van der Waals surface area contributed by atoms with E-state index in [0.717, 1.165) is 12.3 Å². The molecule has 2 nitrogen and oxygen atoms in total. The van der Waals surface area contributed by atoms with E-state index in [1.54, 1.807) is 24.3 Å². The van der Waals surface area contributed by atoms with Gasteiger partial charge in [-0.3, -0.25) is 0 Å². The van der Waals surface area contributed by atoms with Gasteiger partial charge in [0.15, 0.2) is 0 Å². The number of methoxy groups -OCH3 is 1. The molecule has 0 aromatic heterocycles. The Morgan fingerprint density at radius 2 is 1.58 bits per heavy atom. The normalized spacial score (nSPS) is 15.3. The first-order chi connectivity index (χ1) is 8.75. The van der Waals surface area contributed by atoms with Gasteiger partial charge in [-0.1, -0.05) is 18.2 Å². The number of halogens is 3. The third-order valence-electron chi connectivity index (χ3n) is 3.24. The molecule has 1 unspecified atom stereocenters. The summed E-state index contributed by atoms with van der Waals surface area (Å²) in [5.74, 6) is 0.659. The second-order valence-electron chi connectivity index (χ2n) is 4.63. The molecule has 0 aliphatic carbocycles. The molecule has 0 bridgehead atoms. The third-order valence-corrected chi connectivity index (χ3v) is 3.24. The largest absolute Gasteiger partial charge is 0.497 e. The zero-order valence-electron chi connectivity index (χ0n) is 10.6. The molecule has 0 radical (unpaired) electrons. The van der Waals surface area contributed by atoms with Crippen molar-refractivity contribution >= 4 is 10.8 Å². The first kappa shape index (κ1) is 13.7. The number of fused-ring (bicyclic) bond motifs is 1. The summed E-state index contributed by atoms with van der Waals surface area (Å²) in [6, 6.07) is 9.65. The average molecular weight is 269 g/mol. The van der Waals surface area contributed by atoms with Crippen molar-refractivity contribution in [3.05, 3.63) is 42.0 Å². The Kier molecular flexibility index (Phi) is 3.18. The van der Waals surface area contributed by atoms with E-state index in [0.29, 0.717) is 11.1 Å². The van der Waals surface area contributed by atoms with E-state index < -0.39 is 11.7 Å². The van der Waals surface area contributed by atoms with Gasteiger partial charge >= 0.3 is 6.18 Å². The number of rotatable bonds is 2. The van der Waals surface area contributed by atoms with Crippen LogP contribution < -0.4 is 10.5 Å². The second kappa shape index (κ2) is 4.42. The van der Waals surface area contributed by atoms with Crippen LogP contribution in [-0.2, 0) is 5.54 Å². The second-order valence-corrected chi connectivity index (χ2v) is 4.63. The number of nitrogens with two attached hydrogens (primary N) is 1. The Balaban J connectivity index is 2.54. The predicted molar refractivity (Wildman–Crippen MR) is 68.1 cm³/mol. The summed E-state index contributed by atoms with van der Waals surface area (Å²) >= 11 is 0. The first-order valence-corrected chi connectivity index (χ1v) is 5.69. The van der Waals surface area contributed by atoms with Crippen LogP contribution in [-0.4, -0.2) is 13.3 Å². The Hall–Kier alpha value is -1.75. The quantitative estimate of drug-likeness (QED) is 0.904. The van der Waals surface area contributed by atoms with Crippen molar-refractivity contribution in [2.45, 2.75) is 18.6 Å². The zero-order valence-corrected chi connectivity index (χ0v) is 10.6. The highest BCUT2D eigenvalue weighted by molar-refractivity contribution is 5.84. The van der Waals surface area contributed by atoms with Gasteiger partial charge in [-0.25, -0.2) is 0 Å². The topological polar surface area (TPSA) is 35.2 Å². The monoisotopic (exact) mass is 269 g/mol. The maximum Gasteiger partial charge on any atom is 0.410 e. The highest BCUT2D eigenvalue weighted by Crippen LogP contribution is 2.37. The number of hydrogen-bond acceptors (Lipinski definition) is 2. The molecule has 1 atom stereocenters. The minimum Gasteiger partial charge on any atom is -0.497 e. The molecule has 19 heavy (non-hydrogen) atoms. The molecule has 0 saturated carbocycles. The molecule has 5 heteroatoms. The van der Waals surface area contributed by atoms with Crippen LogP contribution in [0.25, 0.3) is 10.8 Å². The summed E-state index contributed by atoms with van der Waals surface area (Å²) in [4.78, 5) is 0. The van der Waals surface area contributed by atoms with Crippen LogP contribution in [0.3, 0.4) is 0 Å². The molecular formula is C14H14F3NO.